The fourth-order valence-corrected chi connectivity index (χ4v) is 4.60. The first kappa shape index (κ1) is 23.1. The van der Waals surface area contributed by atoms with Gasteiger partial charge in [0.2, 0.25) is 0 Å². The predicted molar refractivity (Wildman–Crippen MR) is 114 cm³/mol. The first-order chi connectivity index (χ1) is 15.7. The molecule has 33 heavy (non-hydrogen) atoms. The summed E-state index contributed by atoms with van der Waals surface area (Å²) in [7, 11) is 0. The van der Waals surface area contributed by atoms with Crippen LogP contribution in [0.25, 0.3) is 0 Å². The van der Waals surface area contributed by atoms with Crippen LogP contribution in [0.4, 0.5) is 39.4 Å². The first-order valence-corrected chi connectivity index (χ1v) is 10.7. The molecule has 3 atom stereocenters. The van der Waals surface area contributed by atoms with E-state index in [0.29, 0.717) is 30.6 Å². The van der Waals surface area contributed by atoms with Gasteiger partial charge in [-0.15, -0.1) is 0 Å². The van der Waals surface area contributed by atoms with Gasteiger partial charge in [-0.25, -0.2) is 23.7 Å². The molecule has 2 aliphatic rings. The molecule has 2 fully saturated rings. The van der Waals surface area contributed by atoms with Crippen LogP contribution >= 0.6 is 0 Å². The van der Waals surface area contributed by atoms with Crippen molar-refractivity contribution in [2.24, 2.45) is 11.8 Å². The topological polar surface area (TPSA) is 89.8 Å². The molecule has 3 N–H and O–H groups in total. The standard InChI is InChI=1S/C21H24F5N7/c22-17(23)8-30-20-16(7-27)29-9-18(32-20)31-15-2-1-12-10-33(11-13(12)5-15)19-6-14(3-4-28-19)21(24,25)26/h3-4,6-7,9,12-13,15,17,27H,1-2,5,8,10-11H2,(H2,30,31,32)/t12-,13+,15-/m1/s1. The van der Waals surface area contributed by atoms with Gasteiger partial charge in [-0.05, 0) is 43.2 Å². The average Bonchev–Trinajstić information content (AvgIpc) is 3.21. The lowest BCUT2D eigenvalue weighted by molar-refractivity contribution is -0.137. The summed E-state index contributed by atoms with van der Waals surface area (Å²) in [6, 6.07) is 2.15. The summed E-state index contributed by atoms with van der Waals surface area (Å²) in [4.78, 5) is 14.5. The van der Waals surface area contributed by atoms with Gasteiger partial charge in [0.05, 0.1) is 18.3 Å². The molecule has 2 aromatic rings. The van der Waals surface area contributed by atoms with E-state index in [1.165, 1.54) is 12.4 Å². The van der Waals surface area contributed by atoms with Gasteiger partial charge in [0, 0.05) is 31.5 Å². The minimum atomic E-state index is -4.41. The van der Waals surface area contributed by atoms with Crippen molar-refractivity contribution >= 4 is 23.7 Å². The van der Waals surface area contributed by atoms with Crippen molar-refractivity contribution in [2.45, 2.75) is 37.9 Å². The number of rotatable bonds is 7. The molecule has 7 nitrogen and oxygen atoms in total. The highest BCUT2D eigenvalue weighted by Crippen LogP contribution is 2.39. The van der Waals surface area contributed by atoms with E-state index in [9.17, 15) is 22.0 Å². The van der Waals surface area contributed by atoms with Gasteiger partial charge in [0.1, 0.15) is 17.3 Å². The zero-order chi connectivity index (χ0) is 23.6. The summed E-state index contributed by atoms with van der Waals surface area (Å²) in [5.41, 5.74) is -0.532. The predicted octanol–water partition coefficient (Wildman–Crippen LogP) is 4.28. The number of halogens is 5. The summed E-state index contributed by atoms with van der Waals surface area (Å²) >= 11 is 0. The molecule has 1 saturated carbocycles. The second kappa shape index (κ2) is 9.44. The zero-order valence-electron chi connectivity index (χ0n) is 17.6. The molecule has 0 bridgehead atoms. The maximum Gasteiger partial charge on any atom is 0.416 e. The minimum Gasteiger partial charge on any atom is -0.366 e. The molecule has 1 aliphatic heterocycles. The number of hydrogen-bond acceptors (Lipinski definition) is 7. The molecule has 0 aromatic carbocycles. The Morgan fingerprint density at radius 1 is 1.18 bits per heavy atom. The lowest BCUT2D eigenvalue weighted by Gasteiger charge is -2.31. The van der Waals surface area contributed by atoms with Crippen molar-refractivity contribution in [3.8, 4) is 0 Å². The number of alkyl halides is 5. The Kier molecular flexibility index (Phi) is 6.61. The van der Waals surface area contributed by atoms with Crippen LogP contribution in [-0.4, -0.2) is 53.3 Å². The quantitative estimate of drug-likeness (QED) is 0.414. The molecule has 178 valence electrons. The van der Waals surface area contributed by atoms with Crippen molar-refractivity contribution in [1.29, 1.82) is 5.41 Å². The number of nitrogens with zero attached hydrogens (tertiary/aromatic N) is 4. The van der Waals surface area contributed by atoms with Crippen molar-refractivity contribution in [1.82, 2.24) is 15.0 Å². The molecule has 0 spiro atoms. The van der Waals surface area contributed by atoms with E-state index in [0.717, 1.165) is 37.6 Å². The number of nitrogens with one attached hydrogen (secondary N) is 3. The van der Waals surface area contributed by atoms with Crippen LogP contribution in [-0.2, 0) is 6.18 Å². The van der Waals surface area contributed by atoms with Gasteiger partial charge in [-0.1, -0.05) is 0 Å². The fourth-order valence-electron chi connectivity index (χ4n) is 4.60. The monoisotopic (exact) mass is 469 g/mol. The van der Waals surface area contributed by atoms with Gasteiger partial charge in [-0.3, -0.25) is 0 Å². The number of hydrogen-bond donors (Lipinski definition) is 3. The Labute approximate surface area is 187 Å². The van der Waals surface area contributed by atoms with E-state index in [1.54, 1.807) is 0 Å². The molecule has 0 radical (unpaired) electrons. The van der Waals surface area contributed by atoms with Crippen LogP contribution in [0.15, 0.2) is 24.5 Å². The van der Waals surface area contributed by atoms with E-state index in [2.05, 4.69) is 25.6 Å². The number of anilines is 3. The number of aromatic nitrogens is 3. The molecule has 1 aliphatic carbocycles. The molecular formula is C21H24F5N7. The molecule has 4 rings (SSSR count). The number of pyridine rings is 1. The van der Waals surface area contributed by atoms with Crippen molar-refractivity contribution in [2.75, 3.05) is 35.2 Å². The second-order valence-electron chi connectivity index (χ2n) is 8.39. The molecule has 2 aromatic heterocycles. The van der Waals surface area contributed by atoms with Crippen LogP contribution in [0, 0.1) is 17.2 Å². The van der Waals surface area contributed by atoms with Gasteiger partial charge >= 0.3 is 6.18 Å². The smallest absolute Gasteiger partial charge is 0.366 e. The van der Waals surface area contributed by atoms with Crippen LogP contribution in [0.1, 0.15) is 30.5 Å². The largest absolute Gasteiger partial charge is 0.416 e. The van der Waals surface area contributed by atoms with Gasteiger partial charge < -0.3 is 20.9 Å². The Hall–Kier alpha value is -3.05. The molecule has 1 saturated heterocycles. The molecular weight excluding hydrogens is 445 g/mol. The van der Waals surface area contributed by atoms with Crippen LogP contribution in [0.2, 0.25) is 0 Å². The van der Waals surface area contributed by atoms with E-state index in [-0.39, 0.29) is 23.5 Å². The van der Waals surface area contributed by atoms with E-state index in [4.69, 9.17) is 5.41 Å². The van der Waals surface area contributed by atoms with Crippen molar-refractivity contribution in [3.05, 3.63) is 35.8 Å². The highest BCUT2D eigenvalue weighted by atomic mass is 19.4. The van der Waals surface area contributed by atoms with Gasteiger partial charge in [0.25, 0.3) is 6.43 Å². The lowest BCUT2D eigenvalue weighted by Crippen LogP contribution is -2.32. The van der Waals surface area contributed by atoms with Crippen LogP contribution in [0.3, 0.4) is 0 Å². The van der Waals surface area contributed by atoms with Gasteiger partial charge in [0.15, 0.2) is 5.82 Å². The molecule has 0 amide bonds. The maximum atomic E-state index is 13.1. The zero-order valence-corrected chi connectivity index (χ0v) is 17.6. The van der Waals surface area contributed by atoms with Crippen LogP contribution < -0.4 is 15.5 Å². The Balaban J connectivity index is 1.40. The van der Waals surface area contributed by atoms with E-state index < -0.39 is 24.7 Å². The average molecular weight is 469 g/mol. The Bertz CT molecular complexity index is 984. The first-order valence-electron chi connectivity index (χ1n) is 10.7. The molecule has 3 heterocycles. The number of fused-ring (bicyclic) bond motifs is 1. The third kappa shape index (κ3) is 5.48. The SMILES string of the molecule is N=Cc1ncc(N[C@@H]2CC[C@@H]3CN(c4cc(C(F)(F)F)ccn4)C[C@@H]3C2)nc1NCC(F)F. The normalized spacial score (nSPS) is 22.8. The Morgan fingerprint density at radius 3 is 2.70 bits per heavy atom. The summed E-state index contributed by atoms with van der Waals surface area (Å²) in [5.74, 6) is 1.54. The lowest BCUT2D eigenvalue weighted by atomic mass is 9.79. The second-order valence-corrected chi connectivity index (χ2v) is 8.39. The van der Waals surface area contributed by atoms with Crippen LogP contribution in [0.5, 0.6) is 0 Å². The maximum absolute atomic E-state index is 13.1. The summed E-state index contributed by atoms with van der Waals surface area (Å²) in [5, 5.41) is 13.2. The third-order valence-corrected chi connectivity index (χ3v) is 6.16. The fraction of sp³-hybridized carbons (Fsp3) is 0.524. The van der Waals surface area contributed by atoms with E-state index >= 15 is 0 Å². The summed E-state index contributed by atoms with van der Waals surface area (Å²) in [6.45, 7) is 0.698. The van der Waals surface area contributed by atoms with Gasteiger partial charge in [-0.2, -0.15) is 13.2 Å². The highest BCUT2D eigenvalue weighted by molar-refractivity contribution is 5.81. The van der Waals surface area contributed by atoms with Crippen molar-refractivity contribution < 1.29 is 22.0 Å². The minimum absolute atomic E-state index is 0.0729. The molecule has 12 heteroatoms. The van der Waals surface area contributed by atoms with Crippen molar-refractivity contribution in [3.63, 3.8) is 0 Å². The Morgan fingerprint density at radius 2 is 1.97 bits per heavy atom. The third-order valence-electron chi connectivity index (χ3n) is 6.16. The highest BCUT2D eigenvalue weighted by Gasteiger charge is 2.39. The summed E-state index contributed by atoms with van der Waals surface area (Å²) < 4.78 is 64.2. The molecule has 0 unspecified atom stereocenters. The van der Waals surface area contributed by atoms with E-state index in [1.807, 2.05) is 4.90 Å². The summed E-state index contributed by atoms with van der Waals surface area (Å²) in [6.07, 6.45) is -0.809.